The number of fused-ring (bicyclic) bond motifs is 1. The minimum atomic E-state index is -0.857. The zero-order valence-corrected chi connectivity index (χ0v) is 12.1. The molecule has 1 aromatic carbocycles. The van der Waals surface area contributed by atoms with E-state index in [-0.39, 0.29) is 18.5 Å². The standard InChI is InChI=1S/C15H20N2O3/c1-10(2)17-13-6-5-12(16(3)9-15(19)20)8-11(13)4-7-14(17)18/h5-6,8,10H,4,7,9H2,1-3H3,(H,19,20). The van der Waals surface area contributed by atoms with Crippen LogP contribution < -0.4 is 9.80 Å². The highest BCUT2D eigenvalue weighted by atomic mass is 16.4. The highest BCUT2D eigenvalue weighted by Crippen LogP contribution is 2.32. The molecule has 1 aromatic rings. The largest absolute Gasteiger partial charge is 0.480 e. The number of anilines is 2. The Morgan fingerprint density at radius 1 is 1.40 bits per heavy atom. The smallest absolute Gasteiger partial charge is 0.323 e. The van der Waals surface area contributed by atoms with Crippen molar-refractivity contribution in [3.63, 3.8) is 0 Å². The van der Waals surface area contributed by atoms with Crippen LogP contribution in [0.3, 0.4) is 0 Å². The van der Waals surface area contributed by atoms with E-state index in [2.05, 4.69) is 0 Å². The SMILES string of the molecule is CC(C)N1C(=O)CCc2cc(N(C)CC(=O)O)ccc21. The van der Waals surface area contributed by atoms with Gasteiger partial charge in [-0.2, -0.15) is 0 Å². The summed E-state index contributed by atoms with van der Waals surface area (Å²) < 4.78 is 0. The van der Waals surface area contributed by atoms with Gasteiger partial charge < -0.3 is 14.9 Å². The summed E-state index contributed by atoms with van der Waals surface area (Å²) in [6, 6.07) is 5.90. The van der Waals surface area contributed by atoms with E-state index in [4.69, 9.17) is 5.11 Å². The predicted octanol–water partition coefficient (Wildman–Crippen LogP) is 1.89. The molecular formula is C15H20N2O3. The summed E-state index contributed by atoms with van der Waals surface area (Å²) in [6.07, 6.45) is 1.23. The minimum Gasteiger partial charge on any atom is -0.480 e. The lowest BCUT2D eigenvalue weighted by atomic mass is 9.99. The number of amides is 1. The van der Waals surface area contributed by atoms with Crippen molar-refractivity contribution in [2.24, 2.45) is 0 Å². The fourth-order valence-electron chi connectivity index (χ4n) is 2.60. The highest BCUT2D eigenvalue weighted by Gasteiger charge is 2.26. The Kier molecular flexibility index (Phi) is 3.97. The van der Waals surface area contributed by atoms with Crippen LogP contribution in [0.15, 0.2) is 18.2 Å². The third kappa shape index (κ3) is 2.76. The van der Waals surface area contributed by atoms with E-state index in [1.54, 1.807) is 11.9 Å². The van der Waals surface area contributed by atoms with Crippen LogP contribution >= 0.6 is 0 Å². The first-order valence-electron chi connectivity index (χ1n) is 6.78. The van der Waals surface area contributed by atoms with E-state index in [1.165, 1.54) is 0 Å². The normalized spacial score (nSPS) is 14.4. The van der Waals surface area contributed by atoms with Gasteiger partial charge in [0.2, 0.25) is 5.91 Å². The second-order valence-corrected chi connectivity index (χ2v) is 5.42. The number of hydrogen-bond donors (Lipinski definition) is 1. The van der Waals surface area contributed by atoms with Crippen molar-refractivity contribution in [3.8, 4) is 0 Å². The summed E-state index contributed by atoms with van der Waals surface area (Å²) in [7, 11) is 1.75. The number of rotatable bonds is 4. The van der Waals surface area contributed by atoms with Crippen LogP contribution in [0.1, 0.15) is 25.8 Å². The van der Waals surface area contributed by atoms with Crippen LogP contribution in [-0.4, -0.2) is 36.6 Å². The van der Waals surface area contributed by atoms with E-state index in [1.807, 2.05) is 36.9 Å². The predicted molar refractivity (Wildman–Crippen MR) is 78.3 cm³/mol. The molecule has 108 valence electrons. The number of carbonyl (C=O) groups is 2. The maximum atomic E-state index is 12.0. The van der Waals surface area contributed by atoms with E-state index < -0.39 is 5.97 Å². The zero-order valence-electron chi connectivity index (χ0n) is 12.1. The van der Waals surface area contributed by atoms with Gasteiger partial charge in [0, 0.05) is 30.9 Å². The molecule has 0 bridgehead atoms. The average molecular weight is 276 g/mol. The van der Waals surface area contributed by atoms with Gasteiger partial charge in [0.05, 0.1) is 0 Å². The van der Waals surface area contributed by atoms with Crippen molar-refractivity contribution in [2.75, 3.05) is 23.4 Å². The molecule has 0 spiro atoms. The molecule has 1 aliphatic rings. The van der Waals surface area contributed by atoms with Gasteiger partial charge in [0.15, 0.2) is 0 Å². The molecule has 0 aromatic heterocycles. The van der Waals surface area contributed by atoms with E-state index >= 15 is 0 Å². The van der Waals surface area contributed by atoms with Gasteiger partial charge in [-0.15, -0.1) is 0 Å². The minimum absolute atomic E-state index is 0.0361. The molecule has 5 heteroatoms. The number of carboxylic acid groups (broad SMARTS) is 1. The number of nitrogens with zero attached hydrogens (tertiary/aromatic N) is 2. The lowest BCUT2D eigenvalue weighted by Crippen LogP contribution is -2.40. The van der Waals surface area contributed by atoms with Crippen molar-refractivity contribution < 1.29 is 14.7 Å². The summed E-state index contributed by atoms with van der Waals surface area (Å²) in [5.41, 5.74) is 2.92. The van der Waals surface area contributed by atoms with Gasteiger partial charge in [0.25, 0.3) is 0 Å². The fraction of sp³-hybridized carbons (Fsp3) is 0.467. The van der Waals surface area contributed by atoms with Gasteiger partial charge in [0.1, 0.15) is 6.54 Å². The number of likely N-dealkylation sites (N-methyl/N-ethyl adjacent to an activating group) is 1. The number of aryl methyl sites for hydroxylation is 1. The molecule has 0 radical (unpaired) electrons. The molecule has 0 fully saturated rings. The van der Waals surface area contributed by atoms with E-state index in [0.29, 0.717) is 12.8 Å². The summed E-state index contributed by atoms with van der Waals surface area (Å²) in [4.78, 5) is 26.3. The quantitative estimate of drug-likeness (QED) is 0.912. The van der Waals surface area contributed by atoms with Gasteiger partial charge in [-0.05, 0) is 44.0 Å². The van der Waals surface area contributed by atoms with Crippen molar-refractivity contribution in [1.82, 2.24) is 0 Å². The van der Waals surface area contributed by atoms with Crippen molar-refractivity contribution in [2.45, 2.75) is 32.7 Å². The molecular weight excluding hydrogens is 256 g/mol. The molecule has 1 amide bonds. The first kappa shape index (κ1) is 14.4. The summed E-state index contributed by atoms with van der Waals surface area (Å²) in [5, 5.41) is 8.84. The summed E-state index contributed by atoms with van der Waals surface area (Å²) in [5.74, 6) is -0.705. The second kappa shape index (κ2) is 5.53. The van der Waals surface area contributed by atoms with E-state index in [0.717, 1.165) is 16.9 Å². The molecule has 0 atom stereocenters. The average Bonchev–Trinajstić information content (AvgIpc) is 2.36. The van der Waals surface area contributed by atoms with Crippen LogP contribution in [0.25, 0.3) is 0 Å². The highest BCUT2D eigenvalue weighted by molar-refractivity contribution is 5.97. The zero-order chi connectivity index (χ0) is 14.9. The molecule has 5 nitrogen and oxygen atoms in total. The van der Waals surface area contributed by atoms with Crippen LogP contribution in [0, 0.1) is 0 Å². The van der Waals surface area contributed by atoms with Gasteiger partial charge >= 0.3 is 5.97 Å². The first-order valence-corrected chi connectivity index (χ1v) is 6.78. The Balaban J connectivity index is 2.32. The molecule has 0 saturated carbocycles. The maximum absolute atomic E-state index is 12.0. The Hall–Kier alpha value is -2.04. The molecule has 0 aliphatic carbocycles. The molecule has 0 unspecified atom stereocenters. The molecule has 1 aliphatic heterocycles. The second-order valence-electron chi connectivity index (χ2n) is 5.42. The van der Waals surface area contributed by atoms with Crippen LogP contribution in [0.5, 0.6) is 0 Å². The van der Waals surface area contributed by atoms with Crippen LogP contribution in [0.4, 0.5) is 11.4 Å². The van der Waals surface area contributed by atoms with Crippen molar-refractivity contribution in [3.05, 3.63) is 23.8 Å². The first-order chi connectivity index (χ1) is 9.40. The molecule has 1 heterocycles. The number of benzene rings is 1. The number of aliphatic carboxylic acids is 1. The van der Waals surface area contributed by atoms with E-state index in [9.17, 15) is 9.59 Å². The topological polar surface area (TPSA) is 60.9 Å². The van der Waals surface area contributed by atoms with Gasteiger partial charge in [-0.1, -0.05) is 0 Å². The molecule has 2 rings (SSSR count). The third-order valence-corrected chi connectivity index (χ3v) is 3.53. The summed E-state index contributed by atoms with van der Waals surface area (Å²) >= 11 is 0. The Morgan fingerprint density at radius 2 is 2.10 bits per heavy atom. The number of carboxylic acids is 1. The molecule has 0 saturated heterocycles. The lowest BCUT2D eigenvalue weighted by Gasteiger charge is -2.33. The Morgan fingerprint density at radius 3 is 2.70 bits per heavy atom. The monoisotopic (exact) mass is 276 g/mol. The molecule has 1 N–H and O–H groups in total. The third-order valence-electron chi connectivity index (χ3n) is 3.53. The van der Waals surface area contributed by atoms with Gasteiger partial charge in [-0.3, -0.25) is 9.59 Å². The van der Waals surface area contributed by atoms with Gasteiger partial charge in [-0.25, -0.2) is 0 Å². The number of carbonyl (C=O) groups excluding carboxylic acids is 1. The molecule has 20 heavy (non-hydrogen) atoms. The van der Waals surface area contributed by atoms with Crippen LogP contribution in [0.2, 0.25) is 0 Å². The van der Waals surface area contributed by atoms with Crippen molar-refractivity contribution in [1.29, 1.82) is 0 Å². The fourth-order valence-corrected chi connectivity index (χ4v) is 2.60. The van der Waals surface area contributed by atoms with Crippen molar-refractivity contribution >= 4 is 23.3 Å². The number of hydrogen-bond acceptors (Lipinski definition) is 3. The Bertz CT molecular complexity index is 540. The maximum Gasteiger partial charge on any atom is 0.323 e. The van der Waals surface area contributed by atoms with Crippen LogP contribution in [-0.2, 0) is 16.0 Å². The summed E-state index contributed by atoms with van der Waals surface area (Å²) in [6.45, 7) is 3.96. The Labute approximate surface area is 118 Å². The lowest BCUT2D eigenvalue weighted by molar-refractivity contribution is -0.135.